The summed E-state index contributed by atoms with van der Waals surface area (Å²) in [4.78, 5) is 29.9. The number of carbonyl (C=O) groups excluding carboxylic acids is 2. The molecule has 2 aromatic carbocycles. The monoisotopic (exact) mass is 484 g/mol. The summed E-state index contributed by atoms with van der Waals surface area (Å²) in [7, 11) is 0. The number of halogens is 1. The first kappa shape index (κ1) is 24.7. The molecule has 4 rings (SSSR count). The zero-order chi connectivity index (χ0) is 24.9. The minimum Gasteiger partial charge on any atom is -0.507 e. The van der Waals surface area contributed by atoms with E-state index in [2.05, 4.69) is 4.90 Å². The molecule has 0 aliphatic carbocycles. The molecule has 0 saturated carbocycles. The van der Waals surface area contributed by atoms with Crippen LogP contribution in [0.5, 0.6) is 11.5 Å². The molecule has 0 bridgehead atoms. The van der Waals surface area contributed by atoms with Crippen molar-refractivity contribution in [2.75, 3.05) is 46.0 Å². The number of amides is 1. The number of nitrogens with zero attached hydrogens (tertiary/aromatic N) is 2. The zero-order valence-electron chi connectivity index (χ0n) is 19.6. The molecule has 1 amide bonds. The van der Waals surface area contributed by atoms with E-state index in [1.54, 1.807) is 19.1 Å². The smallest absolute Gasteiger partial charge is 0.295 e. The summed E-state index contributed by atoms with van der Waals surface area (Å²) < 4.78 is 24.3. The molecular formula is C26H29FN2O6. The van der Waals surface area contributed by atoms with E-state index in [0.717, 1.165) is 19.6 Å². The number of ketones is 1. The average molecular weight is 485 g/mol. The first-order chi connectivity index (χ1) is 16.9. The summed E-state index contributed by atoms with van der Waals surface area (Å²) in [5.74, 6) is -2.25. The Morgan fingerprint density at radius 1 is 1.11 bits per heavy atom. The van der Waals surface area contributed by atoms with E-state index in [-0.39, 0.29) is 34.9 Å². The van der Waals surface area contributed by atoms with Crippen LogP contribution < -0.4 is 4.74 Å². The molecule has 8 nitrogen and oxygen atoms in total. The van der Waals surface area contributed by atoms with Gasteiger partial charge in [-0.2, -0.15) is 0 Å². The van der Waals surface area contributed by atoms with Gasteiger partial charge in [-0.3, -0.25) is 14.5 Å². The lowest BCUT2D eigenvalue weighted by atomic mass is 9.95. The lowest BCUT2D eigenvalue weighted by Crippen LogP contribution is -2.38. The molecule has 2 aliphatic heterocycles. The standard InChI is InChI=1S/C26H29FN2O6/c1-2-35-21-16-18(6-9-20(21)30)23-22(24(31)17-4-7-19(27)8-5-17)25(32)26(33)29(23)11-3-10-28-12-14-34-15-13-28/h4-9,16,23,30-31H,2-3,10-15H2,1H3/t23-/m0/s1. The summed E-state index contributed by atoms with van der Waals surface area (Å²) in [6.07, 6.45) is 0.622. The van der Waals surface area contributed by atoms with Gasteiger partial charge >= 0.3 is 0 Å². The van der Waals surface area contributed by atoms with Crippen LogP contribution >= 0.6 is 0 Å². The van der Waals surface area contributed by atoms with Gasteiger partial charge in [-0.05, 0) is 55.3 Å². The van der Waals surface area contributed by atoms with Crippen molar-refractivity contribution in [3.63, 3.8) is 0 Å². The summed E-state index contributed by atoms with van der Waals surface area (Å²) >= 11 is 0. The van der Waals surface area contributed by atoms with E-state index >= 15 is 0 Å². The van der Waals surface area contributed by atoms with Gasteiger partial charge in [0.1, 0.15) is 11.6 Å². The number of aromatic hydroxyl groups is 1. The molecule has 2 fully saturated rings. The predicted molar refractivity (Wildman–Crippen MR) is 127 cm³/mol. The van der Waals surface area contributed by atoms with Gasteiger partial charge < -0.3 is 24.6 Å². The Hall–Kier alpha value is -3.43. The van der Waals surface area contributed by atoms with Crippen molar-refractivity contribution < 1.29 is 33.7 Å². The second kappa shape index (κ2) is 10.9. The van der Waals surface area contributed by atoms with E-state index in [0.29, 0.717) is 31.8 Å². The molecule has 1 atom stereocenters. The number of phenolic OH excluding ortho intramolecular Hbond substituents is 1. The van der Waals surface area contributed by atoms with Crippen molar-refractivity contribution in [3.05, 3.63) is 65.0 Å². The Kier molecular flexibility index (Phi) is 7.67. The van der Waals surface area contributed by atoms with Crippen molar-refractivity contribution in [3.8, 4) is 11.5 Å². The maximum atomic E-state index is 13.4. The molecule has 0 aromatic heterocycles. The topological polar surface area (TPSA) is 99.5 Å². The first-order valence-electron chi connectivity index (χ1n) is 11.7. The predicted octanol–water partition coefficient (Wildman–Crippen LogP) is 3.07. The Morgan fingerprint density at radius 3 is 2.51 bits per heavy atom. The number of benzene rings is 2. The molecule has 9 heteroatoms. The number of hydrogen-bond donors (Lipinski definition) is 2. The summed E-state index contributed by atoms with van der Waals surface area (Å²) in [5, 5.41) is 21.2. The highest BCUT2D eigenvalue weighted by Crippen LogP contribution is 2.41. The summed E-state index contributed by atoms with van der Waals surface area (Å²) in [5.41, 5.74) is 0.660. The second-order valence-corrected chi connectivity index (χ2v) is 8.47. The number of aliphatic hydroxyl groups excluding tert-OH is 1. The van der Waals surface area contributed by atoms with Gasteiger partial charge in [0.25, 0.3) is 11.7 Å². The van der Waals surface area contributed by atoms with Crippen LogP contribution in [0.4, 0.5) is 4.39 Å². The quantitative estimate of drug-likeness (QED) is 0.338. The molecule has 2 saturated heterocycles. The van der Waals surface area contributed by atoms with E-state index in [9.17, 15) is 24.2 Å². The van der Waals surface area contributed by atoms with Gasteiger partial charge in [0.2, 0.25) is 0 Å². The van der Waals surface area contributed by atoms with Gasteiger partial charge in [-0.15, -0.1) is 0 Å². The highest BCUT2D eigenvalue weighted by atomic mass is 19.1. The fourth-order valence-electron chi connectivity index (χ4n) is 4.48. The molecule has 2 aliphatic rings. The van der Waals surface area contributed by atoms with Crippen LogP contribution in [0, 0.1) is 5.82 Å². The number of morpholine rings is 1. The number of rotatable bonds is 8. The van der Waals surface area contributed by atoms with Crippen LogP contribution in [0.25, 0.3) is 5.76 Å². The molecule has 2 N–H and O–H groups in total. The third-order valence-corrected chi connectivity index (χ3v) is 6.23. The highest BCUT2D eigenvalue weighted by molar-refractivity contribution is 6.46. The summed E-state index contributed by atoms with van der Waals surface area (Å²) in [6, 6.07) is 8.79. The second-order valence-electron chi connectivity index (χ2n) is 8.47. The molecule has 0 spiro atoms. The SMILES string of the molecule is CCOc1cc([C@H]2C(=C(O)c3ccc(F)cc3)C(=O)C(=O)N2CCCN2CCOCC2)ccc1O. The Bertz CT molecular complexity index is 1110. The molecule has 2 heterocycles. The molecule has 186 valence electrons. The maximum Gasteiger partial charge on any atom is 0.295 e. The molecule has 0 unspecified atom stereocenters. The number of carbonyl (C=O) groups is 2. The fourth-order valence-corrected chi connectivity index (χ4v) is 4.48. The van der Waals surface area contributed by atoms with E-state index in [1.807, 2.05) is 0 Å². The largest absolute Gasteiger partial charge is 0.507 e. The van der Waals surface area contributed by atoms with Gasteiger partial charge in [-0.1, -0.05) is 6.07 Å². The highest BCUT2D eigenvalue weighted by Gasteiger charge is 2.46. The maximum absolute atomic E-state index is 13.4. The average Bonchev–Trinajstić information content (AvgIpc) is 3.11. The Morgan fingerprint density at radius 2 is 1.83 bits per heavy atom. The van der Waals surface area contributed by atoms with Gasteiger partial charge in [0.05, 0.1) is 31.4 Å². The third-order valence-electron chi connectivity index (χ3n) is 6.23. The van der Waals surface area contributed by atoms with Crippen molar-refractivity contribution in [2.24, 2.45) is 0 Å². The van der Waals surface area contributed by atoms with Gasteiger partial charge in [0.15, 0.2) is 11.5 Å². The van der Waals surface area contributed by atoms with Crippen molar-refractivity contribution in [1.29, 1.82) is 0 Å². The van der Waals surface area contributed by atoms with Crippen molar-refractivity contribution >= 4 is 17.4 Å². The summed E-state index contributed by atoms with van der Waals surface area (Å²) in [6.45, 7) is 6.05. The van der Waals surface area contributed by atoms with Crippen LogP contribution in [0.1, 0.15) is 30.5 Å². The molecule has 35 heavy (non-hydrogen) atoms. The van der Waals surface area contributed by atoms with Crippen LogP contribution in [-0.2, 0) is 14.3 Å². The van der Waals surface area contributed by atoms with Crippen LogP contribution in [0.3, 0.4) is 0 Å². The number of Topliss-reactive ketones (excluding diaryl/α,β-unsaturated/α-hetero) is 1. The van der Waals surface area contributed by atoms with Gasteiger partial charge in [0, 0.05) is 31.7 Å². The fraction of sp³-hybridized carbons (Fsp3) is 0.385. The van der Waals surface area contributed by atoms with E-state index in [4.69, 9.17) is 9.47 Å². The number of likely N-dealkylation sites (tertiary alicyclic amines) is 1. The number of ether oxygens (including phenoxy) is 2. The number of aliphatic hydroxyl groups is 1. The molecule has 0 radical (unpaired) electrons. The minimum atomic E-state index is -0.885. The zero-order valence-corrected chi connectivity index (χ0v) is 19.6. The van der Waals surface area contributed by atoms with Crippen LogP contribution in [-0.4, -0.2) is 77.7 Å². The lowest BCUT2D eigenvalue weighted by molar-refractivity contribution is -0.140. The lowest BCUT2D eigenvalue weighted by Gasteiger charge is -2.29. The molecule has 2 aromatic rings. The normalized spacial score (nSPS) is 20.4. The Balaban J connectivity index is 1.71. The van der Waals surface area contributed by atoms with E-state index in [1.165, 1.54) is 35.2 Å². The minimum absolute atomic E-state index is 0.0709. The third kappa shape index (κ3) is 5.31. The van der Waals surface area contributed by atoms with Gasteiger partial charge in [-0.25, -0.2) is 4.39 Å². The first-order valence-corrected chi connectivity index (χ1v) is 11.7. The van der Waals surface area contributed by atoms with Crippen molar-refractivity contribution in [1.82, 2.24) is 9.80 Å². The number of hydrogen-bond acceptors (Lipinski definition) is 7. The molecular weight excluding hydrogens is 455 g/mol. The van der Waals surface area contributed by atoms with Crippen molar-refractivity contribution in [2.45, 2.75) is 19.4 Å². The number of phenols is 1. The van der Waals surface area contributed by atoms with Crippen LogP contribution in [0.2, 0.25) is 0 Å². The van der Waals surface area contributed by atoms with E-state index < -0.39 is 23.5 Å². The Labute approximate surface area is 203 Å². The van der Waals surface area contributed by atoms with Crippen LogP contribution in [0.15, 0.2) is 48.0 Å².